The van der Waals surface area contributed by atoms with E-state index in [-0.39, 0.29) is 0 Å². The second-order valence-electron chi connectivity index (χ2n) is 3.57. The molecule has 2 aromatic rings. The van der Waals surface area contributed by atoms with Crippen LogP contribution in [0.4, 0.5) is 0 Å². The van der Waals surface area contributed by atoms with Gasteiger partial charge in [0.25, 0.3) is 0 Å². The number of hydrogen-bond acceptors (Lipinski definition) is 5. The predicted molar refractivity (Wildman–Crippen MR) is 68.8 cm³/mol. The smallest absolute Gasteiger partial charge is 0.109 e. The monoisotopic (exact) mass is 253 g/mol. The van der Waals surface area contributed by atoms with Crippen LogP contribution in [0.3, 0.4) is 0 Å². The van der Waals surface area contributed by atoms with Crippen LogP contribution in [-0.4, -0.2) is 9.97 Å². The highest BCUT2D eigenvalue weighted by molar-refractivity contribution is 7.09. The van der Waals surface area contributed by atoms with Crippen molar-refractivity contribution in [2.24, 2.45) is 0 Å². The third-order valence-corrected chi connectivity index (χ3v) is 4.07. The standard InChI is InChI=1S/C11H15N3S2/c1-3-10(11-12-4-5-15-11)13-6-9-7-16-8(2)14-9/h4-5,7,10,13H,3,6H2,1-2H3. The SMILES string of the molecule is CCC(NCc1csc(C)n1)c1nccs1. The molecule has 0 bridgehead atoms. The molecule has 1 atom stereocenters. The molecule has 0 aliphatic rings. The Balaban J connectivity index is 1.93. The molecular weight excluding hydrogens is 238 g/mol. The summed E-state index contributed by atoms with van der Waals surface area (Å²) < 4.78 is 0. The number of nitrogens with zero attached hydrogens (tertiary/aromatic N) is 2. The van der Waals surface area contributed by atoms with E-state index in [1.54, 1.807) is 22.7 Å². The Morgan fingerprint density at radius 1 is 1.44 bits per heavy atom. The van der Waals surface area contributed by atoms with Gasteiger partial charge in [-0.3, -0.25) is 0 Å². The van der Waals surface area contributed by atoms with E-state index in [4.69, 9.17) is 0 Å². The summed E-state index contributed by atoms with van der Waals surface area (Å²) in [6.45, 7) is 5.03. The summed E-state index contributed by atoms with van der Waals surface area (Å²) in [5.41, 5.74) is 1.12. The number of hydrogen-bond donors (Lipinski definition) is 1. The van der Waals surface area contributed by atoms with Crippen LogP contribution in [0.5, 0.6) is 0 Å². The summed E-state index contributed by atoms with van der Waals surface area (Å²) in [5, 5.41) is 9.91. The quantitative estimate of drug-likeness (QED) is 0.889. The molecule has 16 heavy (non-hydrogen) atoms. The zero-order valence-electron chi connectivity index (χ0n) is 9.43. The summed E-state index contributed by atoms with van der Waals surface area (Å²) in [4.78, 5) is 8.78. The van der Waals surface area contributed by atoms with Crippen molar-refractivity contribution in [3.8, 4) is 0 Å². The molecule has 0 aliphatic heterocycles. The van der Waals surface area contributed by atoms with Crippen LogP contribution >= 0.6 is 22.7 Å². The van der Waals surface area contributed by atoms with Gasteiger partial charge in [-0.15, -0.1) is 22.7 Å². The lowest BCUT2D eigenvalue weighted by Gasteiger charge is -2.12. The van der Waals surface area contributed by atoms with Crippen molar-refractivity contribution in [3.05, 3.63) is 32.7 Å². The average molecular weight is 253 g/mol. The van der Waals surface area contributed by atoms with Gasteiger partial charge in [-0.1, -0.05) is 6.92 Å². The van der Waals surface area contributed by atoms with Crippen LogP contribution < -0.4 is 5.32 Å². The summed E-state index contributed by atoms with van der Waals surface area (Å²) in [7, 11) is 0. The Hall–Kier alpha value is -0.780. The minimum Gasteiger partial charge on any atom is -0.302 e. The first-order valence-electron chi connectivity index (χ1n) is 5.33. The second kappa shape index (κ2) is 5.52. The fourth-order valence-corrected chi connectivity index (χ4v) is 2.94. The van der Waals surface area contributed by atoms with Crippen molar-refractivity contribution < 1.29 is 0 Å². The Labute approximate surface area is 104 Å². The Morgan fingerprint density at radius 3 is 2.88 bits per heavy atom. The third-order valence-electron chi connectivity index (χ3n) is 2.35. The Kier molecular flexibility index (Phi) is 4.04. The van der Waals surface area contributed by atoms with Crippen LogP contribution in [0.25, 0.3) is 0 Å². The first-order chi connectivity index (χ1) is 7.79. The van der Waals surface area contributed by atoms with Crippen LogP contribution in [0.1, 0.15) is 35.1 Å². The molecule has 3 nitrogen and oxygen atoms in total. The normalized spacial score (nSPS) is 12.9. The average Bonchev–Trinajstić information content (AvgIpc) is 2.91. The minimum atomic E-state index is 0.349. The van der Waals surface area contributed by atoms with E-state index in [1.807, 2.05) is 18.5 Å². The third kappa shape index (κ3) is 2.87. The van der Waals surface area contributed by atoms with Crippen molar-refractivity contribution in [2.75, 3.05) is 0 Å². The Morgan fingerprint density at radius 2 is 2.31 bits per heavy atom. The fraction of sp³-hybridized carbons (Fsp3) is 0.455. The van der Waals surface area contributed by atoms with Gasteiger partial charge in [0.1, 0.15) is 5.01 Å². The zero-order valence-corrected chi connectivity index (χ0v) is 11.1. The van der Waals surface area contributed by atoms with E-state index in [1.165, 1.54) is 0 Å². The highest BCUT2D eigenvalue weighted by Crippen LogP contribution is 2.19. The molecule has 1 N–H and O–H groups in total. The van der Waals surface area contributed by atoms with E-state index >= 15 is 0 Å². The molecule has 2 rings (SSSR count). The molecule has 0 aliphatic carbocycles. The number of thiazole rings is 2. The zero-order chi connectivity index (χ0) is 11.4. The molecule has 0 spiro atoms. The number of aromatic nitrogens is 2. The van der Waals surface area contributed by atoms with Gasteiger partial charge in [-0.25, -0.2) is 9.97 Å². The number of rotatable bonds is 5. The number of aryl methyl sites for hydroxylation is 1. The van der Waals surface area contributed by atoms with Crippen molar-refractivity contribution >= 4 is 22.7 Å². The van der Waals surface area contributed by atoms with Crippen LogP contribution in [-0.2, 0) is 6.54 Å². The highest BCUT2D eigenvalue weighted by atomic mass is 32.1. The minimum absolute atomic E-state index is 0.349. The summed E-state index contributed by atoms with van der Waals surface area (Å²) in [6, 6.07) is 0.349. The van der Waals surface area contributed by atoms with Crippen molar-refractivity contribution in [2.45, 2.75) is 32.9 Å². The molecule has 0 radical (unpaired) electrons. The first-order valence-corrected chi connectivity index (χ1v) is 7.09. The lowest BCUT2D eigenvalue weighted by Crippen LogP contribution is -2.20. The second-order valence-corrected chi connectivity index (χ2v) is 5.56. The molecule has 5 heteroatoms. The topological polar surface area (TPSA) is 37.8 Å². The molecule has 1 unspecified atom stereocenters. The maximum Gasteiger partial charge on any atom is 0.109 e. The molecular formula is C11H15N3S2. The van der Waals surface area contributed by atoms with Gasteiger partial charge in [-0.2, -0.15) is 0 Å². The van der Waals surface area contributed by atoms with Gasteiger partial charge in [0.2, 0.25) is 0 Å². The maximum absolute atomic E-state index is 4.44. The van der Waals surface area contributed by atoms with Crippen molar-refractivity contribution in [3.63, 3.8) is 0 Å². The van der Waals surface area contributed by atoms with E-state index in [2.05, 4.69) is 27.6 Å². The van der Waals surface area contributed by atoms with E-state index in [0.717, 1.165) is 28.7 Å². The van der Waals surface area contributed by atoms with Crippen LogP contribution in [0.15, 0.2) is 17.0 Å². The summed E-state index contributed by atoms with van der Waals surface area (Å²) in [6.07, 6.45) is 2.91. The molecule has 86 valence electrons. The van der Waals surface area contributed by atoms with Gasteiger partial charge < -0.3 is 5.32 Å². The maximum atomic E-state index is 4.44. The van der Waals surface area contributed by atoms with E-state index in [0.29, 0.717) is 6.04 Å². The molecule has 0 fully saturated rings. The lowest BCUT2D eigenvalue weighted by molar-refractivity contribution is 0.512. The fourth-order valence-electron chi connectivity index (χ4n) is 1.53. The van der Waals surface area contributed by atoms with E-state index in [9.17, 15) is 0 Å². The first kappa shape index (κ1) is 11.7. The lowest BCUT2D eigenvalue weighted by atomic mass is 10.2. The van der Waals surface area contributed by atoms with Crippen LogP contribution in [0.2, 0.25) is 0 Å². The summed E-state index contributed by atoms with van der Waals surface area (Å²) >= 11 is 3.40. The van der Waals surface area contributed by atoms with Crippen molar-refractivity contribution in [1.82, 2.24) is 15.3 Å². The predicted octanol–water partition coefficient (Wildman–Crippen LogP) is 3.15. The van der Waals surface area contributed by atoms with Gasteiger partial charge in [-0.05, 0) is 13.3 Å². The Bertz CT molecular complexity index is 422. The molecule has 0 saturated carbocycles. The van der Waals surface area contributed by atoms with Gasteiger partial charge in [0.05, 0.1) is 16.7 Å². The molecule has 2 aromatic heterocycles. The molecule has 0 amide bonds. The summed E-state index contributed by atoms with van der Waals surface area (Å²) in [5.74, 6) is 0. The van der Waals surface area contributed by atoms with Gasteiger partial charge in [0, 0.05) is 23.5 Å². The van der Waals surface area contributed by atoms with E-state index < -0.39 is 0 Å². The van der Waals surface area contributed by atoms with Crippen molar-refractivity contribution in [1.29, 1.82) is 0 Å². The van der Waals surface area contributed by atoms with Gasteiger partial charge in [0.15, 0.2) is 0 Å². The largest absolute Gasteiger partial charge is 0.302 e. The molecule has 0 saturated heterocycles. The highest BCUT2D eigenvalue weighted by Gasteiger charge is 2.11. The van der Waals surface area contributed by atoms with Crippen LogP contribution in [0, 0.1) is 6.92 Å². The number of nitrogens with one attached hydrogen (secondary N) is 1. The molecule has 2 heterocycles. The molecule has 0 aromatic carbocycles. The van der Waals surface area contributed by atoms with Gasteiger partial charge >= 0.3 is 0 Å².